The summed E-state index contributed by atoms with van der Waals surface area (Å²) in [7, 11) is 0. The minimum absolute atomic E-state index is 0.102. The monoisotopic (exact) mass is 379 g/mol. The van der Waals surface area contributed by atoms with Crippen molar-refractivity contribution < 1.29 is 9.53 Å². The van der Waals surface area contributed by atoms with E-state index in [9.17, 15) is 4.79 Å². The van der Waals surface area contributed by atoms with Gasteiger partial charge in [0.25, 0.3) is 0 Å². The Morgan fingerprint density at radius 2 is 1.80 bits per heavy atom. The summed E-state index contributed by atoms with van der Waals surface area (Å²) in [5.41, 5.74) is 2.51. The Balaban J connectivity index is 1.53. The van der Waals surface area contributed by atoms with Gasteiger partial charge < -0.3 is 20.3 Å². The van der Waals surface area contributed by atoms with E-state index in [2.05, 4.69) is 15.5 Å². The molecule has 2 N–H and O–H groups in total. The molecule has 25 heavy (non-hydrogen) atoms. The summed E-state index contributed by atoms with van der Waals surface area (Å²) < 4.78 is 5.35. The number of ether oxygens (including phenoxy) is 1. The van der Waals surface area contributed by atoms with E-state index in [1.54, 1.807) is 18.2 Å². The minimum atomic E-state index is -0.157. The van der Waals surface area contributed by atoms with E-state index in [1.165, 1.54) is 0 Å². The van der Waals surface area contributed by atoms with Crippen LogP contribution >= 0.6 is 23.2 Å². The van der Waals surface area contributed by atoms with Crippen LogP contribution in [0.25, 0.3) is 0 Å². The number of anilines is 3. The molecule has 1 heterocycles. The molecule has 0 unspecified atom stereocenters. The van der Waals surface area contributed by atoms with E-state index in [4.69, 9.17) is 27.9 Å². The summed E-state index contributed by atoms with van der Waals surface area (Å²) in [5.74, 6) is -0.157. The number of hydrogen-bond acceptors (Lipinski definition) is 4. The van der Waals surface area contributed by atoms with E-state index < -0.39 is 0 Å². The van der Waals surface area contributed by atoms with Crippen LogP contribution in [0.15, 0.2) is 42.5 Å². The lowest BCUT2D eigenvalue weighted by atomic mass is 10.2. The van der Waals surface area contributed by atoms with Crippen molar-refractivity contribution in [2.75, 3.05) is 48.4 Å². The Morgan fingerprint density at radius 1 is 1.08 bits per heavy atom. The summed E-state index contributed by atoms with van der Waals surface area (Å²) in [5, 5.41) is 6.70. The number of hydrogen-bond donors (Lipinski definition) is 2. The smallest absolute Gasteiger partial charge is 0.243 e. The standard InChI is InChI=1S/C18H19Cl2N3O2/c19-15-2-1-3-16(18(15)20)21-12-17(24)22-13-4-6-14(7-5-13)23-8-10-25-11-9-23/h1-7,21H,8-12H2,(H,22,24). The Bertz CT molecular complexity index is 732. The molecule has 7 heteroatoms. The van der Waals surface area contributed by atoms with Gasteiger partial charge in [-0.05, 0) is 36.4 Å². The molecule has 2 aromatic carbocycles. The second-order valence-corrected chi connectivity index (χ2v) is 6.43. The van der Waals surface area contributed by atoms with Crippen LogP contribution in [0.5, 0.6) is 0 Å². The van der Waals surface area contributed by atoms with Gasteiger partial charge in [-0.25, -0.2) is 0 Å². The summed E-state index contributed by atoms with van der Waals surface area (Å²) in [4.78, 5) is 14.4. The van der Waals surface area contributed by atoms with Gasteiger partial charge in [-0.3, -0.25) is 4.79 Å². The van der Waals surface area contributed by atoms with Gasteiger partial charge in [0.2, 0.25) is 5.91 Å². The minimum Gasteiger partial charge on any atom is -0.378 e. The highest BCUT2D eigenvalue weighted by Gasteiger charge is 2.11. The molecule has 0 bridgehead atoms. The van der Waals surface area contributed by atoms with Crippen molar-refractivity contribution in [3.63, 3.8) is 0 Å². The third kappa shape index (κ3) is 4.78. The highest BCUT2D eigenvalue weighted by molar-refractivity contribution is 6.43. The maximum atomic E-state index is 12.1. The second-order valence-electron chi connectivity index (χ2n) is 5.65. The first-order valence-corrected chi connectivity index (χ1v) is 8.79. The largest absolute Gasteiger partial charge is 0.378 e. The van der Waals surface area contributed by atoms with E-state index >= 15 is 0 Å². The van der Waals surface area contributed by atoms with Gasteiger partial charge in [-0.1, -0.05) is 29.3 Å². The Labute approximate surface area is 156 Å². The number of nitrogens with zero attached hydrogens (tertiary/aromatic N) is 1. The van der Waals surface area contributed by atoms with Crippen LogP contribution in [0.3, 0.4) is 0 Å². The molecule has 0 spiro atoms. The van der Waals surface area contributed by atoms with Crippen molar-refractivity contribution in [2.24, 2.45) is 0 Å². The predicted molar refractivity (Wildman–Crippen MR) is 103 cm³/mol. The number of benzene rings is 2. The molecule has 0 atom stereocenters. The van der Waals surface area contributed by atoms with Gasteiger partial charge in [-0.15, -0.1) is 0 Å². The molecule has 3 rings (SSSR count). The van der Waals surface area contributed by atoms with E-state index in [-0.39, 0.29) is 12.5 Å². The average molecular weight is 380 g/mol. The van der Waals surface area contributed by atoms with Crippen LogP contribution in [-0.4, -0.2) is 38.8 Å². The zero-order valence-electron chi connectivity index (χ0n) is 13.6. The van der Waals surface area contributed by atoms with Gasteiger partial charge in [0.05, 0.1) is 35.5 Å². The van der Waals surface area contributed by atoms with E-state index in [1.807, 2.05) is 24.3 Å². The van der Waals surface area contributed by atoms with Gasteiger partial charge in [0, 0.05) is 24.5 Å². The number of nitrogens with one attached hydrogen (secondary N) is 2. The average Bonchev–Trinajstić information content (AvgIpc) is 2.64. The second kappa shape index (κ2) is 8.43. The maximum Gasteiger partial charge on any atom is 0.243 e. The van der Waals surface area contributed by atoms with Crippen molar-refractivity contribution >= 4 is 46.2 Å². The van der Waals surface area contributed by atoms with Crippen LogP contribution in [0.1, 0.15) is 0 Å². The molecular weight excluding hydrogens is 361 g/mol. The maximum absolute atomic E-state index is 12.1. The van der Waals surface area contributed by atoms with E-state index in [0.717, 1.165) is 37.7 Å². The number of rotatable bonds is 5. The van der Waals surface area contributed by atoms with Crippen molar-refractivity contribution in [3.05, 3.63) is 52.5 Å². The summed E-state index contributed by atoms with van der Waals surface area (Å²) in [6, 6.07) is 13.1. The third-order valence-corrected chi connectivity index (χ3v) is 4.74. The SMILES string of the molecule is O=C(CNc1cccc(Cl)c1Cl)Nc1ccc(N2CCOCC2)cc1. The molecule has 0 radical (unpaired) electrons. The van der Waals surface area contributed by atoms with Gasteiger partial charge in [0.15, 0.2) is 0 Å². The topological polar surface area (TPSA) is 53.6 Å². The highest BCUT2D eigenvalue weighted by Crippen LogP contribution is 2.29. The fourth-order valence-electron chi connectivity index (χ4n) is 2.60. The molecule has 0 saturated carbocycles. The molecule has 1 fully saturated rings. The van der Waals surface area contributed by atoms with Crippen molar-refractivity contribution in [3.8, 4) is 0 Å². The van der Waals surface area contributed by atoms with Gasteiger partial charge >= 0.3 is 0 Å². The normalized spacial score (nSPS) is 14.2. The van der Waals surface area contributed by atoms with Gasteiger partial charge in [-0.2, -0.15) is 0 Å². The van der Waals surface area contributed by atoms with Crippen LogP contribution in [-0.2, 0) is 9.53 Å². The Hall–Kier alpha value is -1.95. The molecule has 1 amide bonds. The van der Waals surface area contributed by atoms with Crippen LogP contribution in [0.2, 0.25) is 10.0 Å². The number of morpholine rings is 1. The summed E-state index contributed by atoms with van der Waals surface area (Å²) in [6.07, 6.45) is 0. The molecule has 0 aromatic heterocycles. The number of amides is 1. The molecule has 0 aliphatic carbocycles. The predicted octanol–water partition coefficient (Wildman–Crippen LogP) is 3.88. The molecule has 1 saturated heterocycles. The number of carbonyl (C=O) groups is 1. The molecule has 132 valence electrons. The first kappa shape index (κ1) is 17.9. The Kier molecular flexibility index (Phi) is 6.02. The van der Waals surface area contributed by atoms with Crippen LogP contribution < -0.4 is 15.5 Å². The molecular formula is C18H19Cl2N3O2. The number of carbonyl (C=O) groups excluding carboxylic acids is 1. The lowest BCUT2D eigenvalue weighted by Gasteiger charge is -2.28. The highest BCUT2D eigenvalue weighted by atomic mass is 35.5. The fourth-order valence-corrected chi connectivity index (χ4v) is 2.97. The van der Waals surface area contributed by atoms with Crippen LogP contribution in [0, 0.1) is 0 Å². The quantitative estimate of drug-likeness (QED) is 0.827. The molecule has 2 aromatic rings. The summed E-state index contributed by atoms with van der Waals surface area (Å²) in [6.45, 7) is 3.36. The Morgan fingerprint density at radius 3 is 2.52 bits per heavy atom. The first-order valence-electron chi connectivity index (χ1n) is 8.04. The first-order chi connectivity index (χ1) is 12.1. The fraction of sp³-hybridized carbons (Fsp3) is 0.278. The molecule has 1 aliphatic heterocycles. The summed E-state index contributed by atoms with van der Waals surface area (Å²) >= 11 is 12.0. The zero-order chi connectivity index (χ0) is 17.6. The van der Waals surface area contributed by atoms with Crippen molar-refractivity contribution in [2.45, 2.75) is 0 Å². The lowest BCUT2D eigenvalue weighted by molar-refractivity contribution is -0.114. The van der Waals surface area contributed by atoms with Crippen LogP contribution in [0.4, 0.5) is 17.1 Å². The van der Waals surface area contributed by atoms with Gasteiger partial charge in [0.1, 0.15) is 0 Å². The van der Waals surface area contributed by atoms with Crippen molar-refractivity contribution in [1.82, 2.24) is 0 Å². The lowest BCUT2D eigenvalue weighted by Crippen LogP contribution is -2.36. The molecule has 5 nitrogen and oxygen atoms in total. The number of halogens is 2. The zero-order valence-corrected chi connectivity index (χ0v) is 15.1. The van der Waals surface area contributed by atoms with E-state index in [0.29, 0.717) is 15.7 Å². The third-order valence-electron chi connectivity index (χ3n) is 3.92. The van der Waals surface area contributed by atoms with Crippen molar-refractivity contribution in [1.29, 1.82) is 0 Å². The molecule has 1 aliphatic rings.